The number of hydrogen-bond acceptors (Lipinski definition) is 6. The third-order valence-corrected chi connectivity index (χ3v) is 6.26. The summed E-state index contributed by atoms with van der Waals surface area (Å²) in [5, 5.41) is 21.1. The molecule has 39 heavy (non-hydrogen) atoms. The summed E-state index contributed by atoms with van der Waals surface area (Å²) in [7, 11) is 0. The molecule has 4 heterocycles. The van der Waals surface area contributed by atoms with Crippen LogP contribution >= 0.6 is 0 Å². The van der Waals surface area contributed by atoms with Crippen LogP contribution in [0.3, 0.4) is 0 Å². The molecule has 188 valence electrons. The Hall–Kier alpha value is -5.63. The van der Waals surface area contributed by atoms with Gasteiger partial charge in [-0.25, -0.2) is 14.6 Å². The van der Waals surface area contributed by atoms with E-state index in [4.69, 9.17) is 4.42 Å². The van der Waals surface area contributed by atoms with Crippen molar-refractivity contribution in [3.05, 3.63) is 114 Å². The van der Waals surface area contributed by atoms with Gasteiger partial charge in [0.05, 0.1) is 33.9 Å². The number of pyridine rings is 3. The summed E-state index contributed by atoms with van der Waals surface area (Å²) in [4.78, 5) is 36.4. The van der Waals surface area contributed by atoms with Crippen molar-refractivity contribution < 1.29 is 24.2 Å². The molecule has 0 fully saturated rings. The molecule has 6 aromatic rings. The molecule has 4 aromatic heterocycles. The topological polar surface area (TPSA) is 126 Å². The van der Waals surface area contributed by atoms with Crippen LogP contribution in [-0.4, -0.2) is 37.1 Å². The van der Waals surface area contributed by atoms with Crippen LogP contribution in [-0.2, 0) is 0 Å². The molecule has 0 aliphatic heterocycles. The standard InChI is InChI=1S/C31H19N3O5/c35-30(36)20-10-12-33-25(15-20)27-17-21(31(37)38)16-26(34-27)24-13-19(9-11-32-24)6-5-18-7-8-23-22-3-1-2-4-28(22)39-29(23)14-18/h1-17H,(H,35,36)(H,37,38)/b6-5+. The van der Waals surface area contributed by atoms with Gasteiger partial charge in [0.25, 0.3) is 0 Å². The summed E-state index contributed by atoms with van der Waals surface area (Å²) < 4.78 is 5.98. The van der Waals surface area contributed by atoms with Gasteiger partial charge in [0.15, 0.2) is 0 Å². The quantitative estimate of drug-likeness (QED) is 0.253. The number of rotatable bonds is 6. The Balaban J connectivity index is 1.34. The van der Waals surface area contributed by atoms with Crippen molar-refractivity contribution in [1.29, 1.82) is 0 Å². The van der Waals surface area contributed by atoms with Gasteiger partial charge >= 0.3 is 11.9 Å². The summed E-state index contributed by atoms with van der Waals surface area (Å²) in [5.74, 6) is -2.26. The lowest BCUT2D eigenvalue weighted by atomic mass is 10.1. The number of carboxylic acids is 2. The summed E-state index contributed by atoms with van der Waals surface area (Å²) in [6, 6.07) is 23.1. The fourth-order valence-corrected chi connectivity index (χ4v) is 4.35. The van der Waals surface area contributed by atoms with Crippen LogP contribution < -0.4 is 0 Å². The van der Waals surface area contributed by atoms with Crippen LogP contribution in [0.15, 0.2) is 95.7 Å². The maximum atomic E-state index is 11.8. The number of carbonyl (C=O) groups is 2. The van der Waals surface area contributed by atoms with E-state index < -0.39 is 11.9 Å². The molecule has 0 bridgehead atoms. The van der Waals surface area contributed by atoms with Crippen LogP contribution in [0.1, 0.15) is 31.8 Å². The lowest BCUT2D eigenvalue weighted by Gasteiger charge is -2.08. The minimum absolute atomic E-state index is 0.0144. The SMILES string of the molecule is O=C(O)c1ccnc(-c2cc(C(=O)O)cc(-c3cc(/C=C/c4ccc5c(c4)oc4ccccc45)ccn3)n2)c1. The minimum Gasteiger partial charge on any atom is -0.478 e. The normalized spacial score (nSPS) is 11.4. The first-order chi connectivity index (χ1) is 18.9. The highest BCUT2D eigenvalue weighted by Crippen LogP contribution is 2.30. The number of hydrogen-bond donors (Lipinski definition) is 2. The van der Waals surface area contributed by atoms with E-state index in [0.717, 1.165) is 33.1 Å². The van der Waals surface area contributed by atoms with Crippen molar-refractivity contribution in [2.24, 2.45) is 0 Å². The zero-order chi connectivity index (χ0) is 26.9. The van der Waals surface area contributed by atoms with Gasteiger partial charge in [0.2, 0.25) is 0 Å². The Kier molecular flexibility index (Phi) is 5.89. The fraction of sp³-hybridized carbons (Fsp3) is 0. The number of carboxylic acid groups (broad SMARTS) is 2. The first-order valence-corrected chi connectivity index (χ1v) is 12.0. The van der Waals surface area contributed by atoms with Gasteiger partial charge < -0.3 is 14.6 Å². The molecule has 6 rings (SSSR count). The molecule has 0 saturated heterocycles. The van der Waals surface area contributed by atoms with Crippen molar-refractivity contribution in [2.75, 3.05) is 0 Å². The van der Waals surface area contributed by atoms with E-state index in [1.165, 1.54) is 30.5 Å². The van der Waals surface area contributed by atoms with Crippen LogP contribution in [0, 0.1) is 0 Å². The lowest BCUT2D eigenvalue weighted by molar-refractivity contribution is 0.0686. The van der Waals surface area contributed by atoms with Crippen molar-refractivity contribution in [2.45, 2.75) is 0 Å². The minimum atomic E-state index is -1.15. The molecular formula is C31H19N3O5. The molecule has 0 amide bonds. The molecule has 2 aromatic carbocycles. The molecule has 0 spiro atoms. The van der Waals surface area contributed by atoms with Crippen LogP contribution in [0.4, 0.5) is 0 Å². The van der Waals surface area contributed by atoms with E-state index in [1.807, 2.05) is 60.7 Å². The Bertz CT molecular complexity index is 1940. The molecule has 2 N–H and O–H groups in total. The molecule has 8 nitrogen and oxygen atoms in total. The van der Waals surface area contributed by atoms with Crippen LogP contribution in [0.5, 0.6) is 0 Å². The Morgan fingerprint density at radius 1 is 0.615 bits per heavy atom. The zero-order valence-electron chi connectivity index (χ0n) is 20.3. The largest absolute Gasteiger partial charge is 0.478 e. The third-order valence-electron chi connectivity index (χ3n) is 6.26. The maximum Gasteiger partial charge on any atom is 0.335 e. The molecule has 0 saturated carbocycles. The maximum absolute atomic E-state index is 11.8. The average molecular weight is 514 g/mol. The molecular weight excluding hydrogens is 494 g/mol. The summed E-state index contributed by atoms with van der Waals surface area (Å²) in [5.41, 5.74) is 4.71. The third kappa shape index (κ3) is 4.74. The number of para-hydroxylation sites is 1. The second kappa shape index (κ2) is 9.68. The molecule has 0 unspecified atom stereocenters. The van der Waals surface area contributed by atoms with E-state index >= 15 is 0 Å². The van der Waals surface area contributed by atoms with Crippen molar-refractivity contribution in [3.63, 3.8) is 0 Å². The Morgan fingerprint density at radius 3 is 1.97 bits per heavy atom. The lowest BCUT2D eigenvalue weighted by Crippen LogP contribution is -2.02. The van der Waals surface area contributed by atoms with Gasteiger partial charge in [-0.15, -0.1) is 0 Å². The highest BCUT2D eigenvalue weighted by Gasteiger charge is 2.15. The van der Waals surface area contributed by atoms with Crippen molar-refractivity contribution >= 4 is 46.0 Å². The summed E-state index contributed by atoms with van der Waals surface area (Å²) in [6.45, 7) is 0. The zero-order valence-corrected chi connectivity index (χ0v) is 20.3. The molecule has 8 heteroatoms. The van der Waals surface area contributed by atoms with Gasteiger partial charge in [-0.05, 0) is 65.7 Å². The predicted octanol–water partition coefficient (Wildman–Crippen LogP) is 6.67. The van der Waals surface area contributed by atoms with Crippen molar-refractivity contribution in [3.8, 4) is 22.8 Å². The summed E-state index contributed by atoms with van der Waals surface area (Å²) in [6.07, 6.45) is 6.85. The van der Waals surface area contributed by atoms with E-state index in [-0.39, 0.29) is 22.5 Å². The second-order valence-corrected chi connectivity index (χ2v) is 8.83. The number of furan rings is 1. The van der Waals surface area contributed by atoms with Gasteiger partial charge in [-0.3, -0.25) is 9.97 Å². The van der Waals surface area contributed by atoms with Gasteiger partial charge in [-0.1, -0.05) is 36.4 Å². The predicted molar refractivity (Wildman–Crippen MR) is 147 cm³/mol. The molecule has 0 atom stereocenters. The van der Waals surface area contributed by atoms with Crippen LogP contribution in [0.25, 0.3) is 56.9 Å². The monoisotopic (exact) mass is 513 g/mol. The first kappa shape index (κ1) is 23.7. The van der Waals surface area contributed by atoms with Gasteiger partial charge in [0, 0.05) is 23.2 Å². The second-order valence-electron chi connectivity index (χ2n) is 8.83. The highest BCUT2D eigenvalue weighted by molar-refractivity contribution is 6.05. The Labute approximate surface area is 221 Å². The summed E-state index contributed by atoms with van der Waals surface area (Å²) >= 11 is 0. The van der Waals surface area contributed by atoms with Gasteiger partial charge in [0.1, 0.15) is 11.2 Å². The number of nitrogens with zero attached hydrogens (tertiary/aromatic N) is 3. The van der Waals surface area contributed by atoms with E-state index in [9.17, 15) is 19.8 Å². The highest BCUT2D eigenvalue weighted by atomic mass is 16.4. The number of fused-ring (bicyclic) bond motifs is 3. The van der Waals surface area contributed by atoms with Crippen LogP contribution in [0.2, 0.25) is 0 Å². The molecule has 0 aliphatic carbocycles. The van der Waals surface area contributed by atoms with E-state index in [0.29, 0.717) is 11.4 Å². The van der Waals surface area contributed by atoms with Gasteiger partial charge in [-0.2, -0.15) is 0 Å². The average Bonchev–Trinajstić information content (AvgIpc) is 3.34. The smallest absolute Gasteiger partial charge is 0.335 e. The molecule has 0 radical (unpaired) electrons. The molecule has 0 aliphatic rings. The Morgan fingerprint density at radius 2 is 1.23 bits per heavy atom. The van der Waals surface area contributed by atoms with E-state index in [2.05, 4.69) is 15.0 Å². The fourth-order valence-electron chi connectivity index (χ4n) is 4.35. The number of benzene rings is 2. The van der Waals surface area contributed by atoms with E-state index in [1.54, 1.807) is 12.3 Å². The van der Waals surface area contributed by atoms with Crippen molar-refractivity contribution in [1.82, 2.24) is 15.0 Å². The number of aromatic nitrogens is 3. The number of aromatic carboxylic acids is 2. The first-order valence-electron chi connectivity index (χ1n) is 12.0.